The summed E-state index contributed by atoms with van der Waals surface area (Å²) in [6.07, 6.45) is 1.97. The molecular formula is C27H25ClN2O5. The molecule has 1 heterocycles. The highest BCUT2D eigenvalue weighted by molar-refractivity contribution is 6.31. The first-order valence-corrected chi connectivity index (χ1v) is 11.4. The van der Waals surface area contributed by atoms with Gasteiger partial charge in [0.1, 0.15) is 5.75 Å². The molecule has 0 aliphatic carbocycles. The Labute approximate surface area is 208 Å². The first kappa shape index (κ1) is 25.7. The highest BCUT2D eigenvalue weighted by Gasteiger charge is 2.25. The van der Waals surface area contributed by atoms with Gasteiger partial charge in [-0.25, -0.2) is 4.79 Å². The molecule has 8 heteroatoms. The van der Waals surface area contributed by atoms with E-state index in [2.05, 4.69) is 6.07 Å². The predicted molar refractivity (Wildman–Crippen MR) is 133 cm³/mol. The Morgan fingerprint density at radius 1 is 1.11 bits per heavy atom. The SMILES string of the molecule is COc1cn(C(CC(C)C)C(=O)Cc2ccc(C(=O)O)cc2)c(=O)cc1-c1cc(Cl)ccc1C#N. The summed E-state index contributed by atoms with van der Waals surface area (Å²) in [7, 11) is 1.45. The number of methoxy groups -OCH3 is 1. The van der Waals surface area contributed by atoms with E-state index >= 15 is 0 Å². The average Bonchev–Trinajstić information content (AvgIpc) is 2.82. The van der Waals surface area contributed by atoms with Crippen LogP contribution in [0.1, 0.15) is 47.8 Å². The van der Waals surface area contributed by atoms with Crippen LogP contribution in [0, 0.1) is 17.2 Å². The maximum absolute atomic E-state index is 13.3. The van der Waals surface area contributed by atoms with Crippen molar-refractivity contribution in [2.24, 2.45) is 5.92 Å². The van der Waals surface area contributed by atoms with Crippen molar-refractivity contribution < 1.29 is 19.4 Å². The zero-order valence-electron chi connectivity index (χ0n) is 19.6. The van der Waals surface area contributed by atoms with Gasteiger partial charge in [-0.3, -0.25) is 9.59 Å². The van der Waals surface area contributed by atoms with Crippen molar-refractivity contribution in [1.82, 2.24) is 4.57 Å². The second-order valence-corrected chi connectivity index (χ2v) is 9.03. The number of pyridine rings is 1. The fourth-order valence-corrected chi connectivity index (χ4v) is 4.09. The maximum atomic E-state index is 13.3. The van der Waals surface area contributed by atoms with Gasteiger partial charge in [0.15, 0.2) is 5.78 Å². The van der Waals surface area contributed by atoms with Crippen LogP contribution in [-0.2, 0) is 11.2 Å². The number of hydrogen-bond acceptors (Lipinski definition) is 5. The van der Waals surface area contributed by atoms with Crippen molar-refractivity contribution in [1.29, 1.82) is 5.26 Å². The molecule has 0 saturated carbocycles. The lowest BCUT2D eigenvalue weighted by molar-refractivity contribution is -0.122. The van der Waals surface area contributed by atoms with E-state index in [1.807, 2.05) is 13.8 Å². The molecule has 180 valence electrons. The number of carboxylic acids is 1. The van der Waals surface area contributed by atoms with Crippen LogP contribution in [0.15, 0.2) is 59.5 Å². The number of halogens is 1. The monoisotopic (exact) mass is 492 g/mol. The van der Waals surface area contributed by atoms with E-state index in [0.29, 0.717) is 39.4 Å². The van der Waals surface area contributed by atoms with Crippen LogP contribution in [0.5, 0.6) is 5.75 Å². The summed E-state index contributed by atoms with van der Waals surface area (Å²) in [6.45, 7) is 3.92. The number of ketones is 1. The molecular weight excluding hydrogens is 468 g/mol. The quantitative estimate of drug-likeness (QED) is 0.442. The summed E-state index contributed by atoms with van der Waals surface area (Å²) >= 11 is 6.13. The Morgan fingerprint density at radius 2 is 1.80 bits per heavy atom. The highest BCUT2D eigenvalue weighted by Crippen LogP contribution is 2.34. The number of carboxylic acid groups (broad SMARTS) is 1. The lowest BCUT2D eigenvalue weighted by atomic mass is 9.95. The van der Waals surface area contributed by atoms with Crippen LogP contribution in [-0.4, -0.2) is 28.5 Å². The van der Waals surface area contributed by atoms with Crippen LogP contribution < -0.4 is 10.3 Å². The summed E-state index contributed by atoms with van der Waals surface area (Å²) in [6, 6.07) is 13.6. The molecule has 1 aromatic heterocycles. The van der Waals surface area contributed by atoms with E-state index in [9.17, 15) is 19.6 Å². The minimum atomic E-state index is -1.04. The van der Waals surface area contributed by atoms with Gasteiger partial charge in [-0.1, -0.05) is 37.6 Å². The lowest BCUT2D eigenvalue weighted by Gasteiger charge is -2.22. The Balaban J connectivity index is 2.04. The molecule has 0 amide bonds. The van der Waals surface area contributed by atoms with Gasteiger partial charge in [0.25, 0.3) is 5.56 Å². The third-order valence-corrected chi connectivity index (χ3v) is 5.87. The summed E-state index contributed by atoms with van der Waals surface area (Å²) in [5.74, 6) is -0.775. The van der Waals surface area contributed by atoms with Crippen molar-refractivity contribution >= 4 is 23.4 Å². The van der Waals surface area contributed by atoms with Crippen molar-refractivity contribution in [2.45, 2.75) is 32.7 Å². The number of aromatic carboxylic acids is 1. The predicted octanol–water partition coefficient (Wildman–Crippen LogP) is 5.15. The summed E-state index contributed by atoms with van der Waals surface area (Å²) < 4.78 is 6.91. The topological polar surface area (TPSA) is 109 Å². The molecule has 3 rings (SSSR count). The molecule has 0 saturated heterocycles. The fourth-order valence-electron chi connectivity index (χ4n) is 3.91. The summed E-state index contributed by atoms with van der Waals surface area (Å²) in [5.41, 5.74) is 1.59. The number of nitrogens with zero attached hydrogens (tertiary/aromatic N) is 2. The van der Waals surface area contributed by atoms with Gasteiger partial charge in [-0.05, 0) is 48.2 Å². The molecule has 0 aliphatic rings. The number of benzene rings is 2. The van der Waals surface area contributed by atoms with Crippen LogP contribution >= 0.6 is 11.6 Å². The largest absolute Gasteiger partial charge is 0.495 e. The van der Waals surface area contributed by atoms with Gasteiger partial charge in [-0.15, -0.1) is 0 Å². The number of hydrogen-bond donors (Lipinski definition) is 1. The highest BCUT2D eigenvalue weighted by atomic mass is 35.5. The Hall–Kier alpha value is -3.89. The van der Waals surface area contributed by atoms with Gasteiger partial charge in [0.2, 0.25) is 0 Å². The van der Waals surface area contributed by atoms with Gasteiger partial charge >= 0.3 is 5.97 Å². The molecule has 0 radical (unpaired) electrons. The molecule has 0 bridgehead atoms. The van der Waals surface area contributed by atoms with Crippen LogP contribution in [0.2, 0.25) is 5.02 Å². The van der Waals surface area contributed by atoms with Gasteiger partial charge in [0, 0.05) is 28.6 Å². The van der Waals surface area contributed by atoms with Crippen molar-refractivity contribution in [3.05, 3.63) is 86.8 Å². The zero-order valence-corrected chi connectivity index (χ0v) is 20.4. The van der Waals surface area contributed by atoms with E-state index in [1.165, 1.54) is 36.1 Å². The van der Waals surface area contributed by atoms with E-state index in [-0.39, 0.29) is 23.7 Å². The third kappa shape index (κ3) is 5.97. The molecule has 1 atom stereocenters. The molecule has 1 N–H and O–H groups in total. The Kier molecular flexibility index (Phi) is 8.10. The van der Waals surface area contributed by atoms with Gasteiger partial charge in [0.05, 0.1) is 36.5 Å². The number of rotatable bonds is 9. The first-order chi connectivity index (χ1) is 16.6. The number of aromatic nitrogens is 1. The second-order valence-electron chi connectivity index (χ2n) is 8.59. The van der Waals surface area contributed by atoms with Gasteiger partial charge in [-0.2, -0.15) is 5.26 Å². The number of carbonyl (C=O) groups excluding carboxylic acids is 1. The standard InChI is InChI=1S/C27H25ClN2O5/c1-16(2)10-23(24(31)11-17-4-6-18(7-5-17)27(33)34)30-15-25(35-3)22(13-26(30)32)21-12-20(28)9-8-19(21)14-29/h4-9,12-13,15-16,23H,10-11H2,1-3H3,(H,33,34). The van der Waals surface area contributed by atoms with Crippen molar-refractivity contribution in [3.63, 3.8) is 0 Å². The number of ether oxygens (including phenoxy) is 1. The zero-order chi connectivity index (χ0) is 25.7. The molecule has 2 aromatic carbocycles. The Bertz CT molecular complexity index is 1350. The number of carbonyl (C=O) groups is 2. The number of Topliss-reactive ketones (excluding diaryl/α,β-unsaturated/α-hetero) is 1. The lowest BCUT2D eigenvalue weighted by Crippen LogP contribution is -2.31. The molecule has 0 spiro atoms. The van der Waals surface area contributed by atoms with Crippen LogP contribution in [0.25, 0.3) is 11.1 Å². The molecule has 7 nitrogen and oxygen atoms in total. The van der Waals surface area contributed by atoms with Crippen molar-refractivity contribution in [3.8, 4) is 22.9 Å². The van der Waals surface area contributed by atoms with E-state index in [4.69, 9.17) is 21.4 Å². The van der Waals surface area contributed by atoms with E-state index in [0.717, 1.165) is 0 Å². The second kappa shape index (κ2) is 11.0. The number of nitriles is 1. The average molecular weight is 493 g/mol. The summed E-state index contributed by atoms with van der Waals surface area (Å²) in [4.78, 5) is 37.7. The van der Waals surface area contributed by atoms with Gasteiger partial charge < -0.3 is 14.4 Å². The molecule has 3 aromatic rings. The van der Waals surface area contributed by atoms with Crippen LogP contribution in [0.4, 0.5) is 0 Å². The third-order valence-electron chi connectivity index (χ3n) is 5.64. The van der Waals surface area contributed by atoms with Crippen molar-refractivity contribution in [2.75, 3.05) is 7.11 Å². The molecule has 35 heavy (non-hydrogen) atoms. The normalized spacial score (nSPS) is 11.7. The van der Waals surface area contributed by atoms with Crippen LogP contribution in [0.3, 0.4) is 0 Å². The molecule has 0 aliphatic heterocycles. The Morgan fingerprint density at radius 3 is 2.37 bits per heavy atom. The fraction of sp³-hybridized carbons (Fsp3) is 0.259. The van der Waals surface area contributed by atoms with E-state index in [1.54, 1.807) is 30.3 Å². The summed E-state index contributed by atoms with van der Waals surface area (Å²) in [5, 5.41) is 19.0. The maximum Gasteiger partial charge on any atom is 0.335 e. The molecule has 0 fully saturated rings. The minimum absolute atomic E-state index is 0.0423. The minimum Gasteiger partial charge on any atom is -0.495 e. The molecule has 1 unspecified atom stereocenters. The first-order valence-electron chi connectivity index (χ1n) is 11.0. The smallest absolute Gasteiger partial charge is 0.335 e. The van der Waals surface area contributed by atoms with E-state index < -0.39 is 17.6 Å².